The lowest BCUT2D eigenvalue weighted by atomic mass is 10.0. The molecule has 0 saturated carbocycles. The van der Waals surface area contributed by atoms with Crippen LogP contribution in [0.3, 0.4) is 0 Å². The van der Waals surface area contributed by atoms with Crippen molar-refractivity contribution in [3.05, 3.63) is 0 Å². The highest BCUT2D eigenvalue weighted by atomic mass is 16.4. The predicted molar refractivity (Wildman–Crippen MR) is 159 cm³/mol. The molecule has 5 amide bonds. The van der Waals surface area contributed by atoms with Crippen molar-refractivity contribution >= 4 is 41.5 Å². The normalized spacial score (nSPS) is 16.1. The molecule has 0 aliphatic carbocycles. The quantitative estimate of drug-likeness (QED) is 0.0788. The molecule has 0 fully saturated rings. The Labute approximate surface area is 257 Å². The summed E-state index contributed by atoms with van der Waals surface area (Å²) in [6.07, 6.45) is -2.02. The Morgan fingerprint density at radius 1 is 0.591 bits per heavy atom. The number of carboxylic acid groups (broad SMARTS) is 2. The van der Waals surface area contributed by atoms with Gasteiger partial charge in [0.2, 0.25) is 29.5 Å². The van der Waals surface area contributed by atoms with Crippen LogP contribution < -0.4 is 32.3 Å². The van der Waals surface area contributed by atoms with Crippen LogP contribution in [0.4, 0.5) is 0 Å². The van der Waals surface area contributed by atoms with Gasteiger partial charge >= 0.3 is 11.9 Å². The number of hydrogen-bond donors (Lipinski definition) is 9. The highest BCUT2D eigenvalue weighted by Crippen LogP contribution is 2.08. The van der Waals surface area contributed by atoms with Gasteiger partial charge in [-0.05, 0) is 44.4 Å². The zero-order valence-electron chi connectivity index (χ0n) is 26.7. The number of aliphatic hydroxyl groups is 1. The lowest BCUT2D eigenvalue weighted by Gasteiger charge is -2.28. The molecule has 0 aromatic carbocycles. The maximum absolute atomic E-state index is 13.2. The largest absolute Gasteiger partial charge is 0.481 e. The van der Waals surface area contributed by atoms with Gasteiger partial charge in [-0.2, -0.15) is 0 Å². The van der Waals surface area contributed by atoms with E-state index in [0.29, 0.717) is 6.42 Å². The van der Waals surface area contributed by atoms with E-state index < -0.39 is 96.2 Å². The number of carbonyl (C=O) groups is 7. The zero-order valence-corrected chi connectivity index (χ0v) is 26.7. The van der Waals surface area contributed by atoms with E-state index in [-0.39, 0.29) is 18.3 Å². The molecule has 0 aliphatic heterocycles. The number of nitrogens with one attached hydrogen (secondary N) is 5. The average molecular weight is 631 g/mol. The van der Waals surface area contributed by atoms with Gasteiger partial charge in [-0.1, -0.05) is 41.5 Å². The van der Waals surface area contributed by atoms with E-state index in [1.54, 1.807) is 27.7 Å². The summed E-state index contributed by atoms with van der Waals surface area (Å²) in [5.74, 6) is -7.69. The Morgan fingerprint density at radius 3 is 1.50 bits per heavy atom. The Morgan fingerprint density at radius 2 is 1.07 bits per heavy atom. The molecule has 252 valence electrons. The maximum atomic E-state index is 13.2. The number of hydrogen-bond acceptors (Lipinski definition) is 9. The molecule has 0 aromatic rings. The van der Waals surface area contributed by atoms with Crippen LogP contribution in [0.1, 0.15) is 74.7 Å². The summed E-state index contributed by atoms with van der Waals surface area (Å²) in [5, 5.41) is 40.6. The first-order chi connectivity index (χ1) is 20.2. The fourth-order valence-corrected chi connectivity index (χ4v) is 4.07. The van der Waals surface area contributed by atoms with Crippen molar-refractivity contribution in [2.24, 2.45) is 23.5 Å². The van der Waals surface area contributed by atoms with Crippen LogP contribution in [0.15, 0.2) is 0 Å². The molecule has 10 N–H and O–H groups in total. The van der Waals surface area contributed by atoms with Gasteiger partial charge in [0.15, 0.2) is 0 Å². The summed E-state index contributed by atoms with van der Waals surface area (Å²) >= 11 is 0. The number of aliphatic carboxylic acids is 2. The van der Waals surface area contributed by atoms with Gasteiger partial charge in [0, 0.05) is 0 Å². The number of aliphatic hydroxyl groups excluding tert-OH is 1. The molecule has 7 unspecified atom stereocenters. The Balaban J connectivity index is 5.71. The number of rotatable bonds is 19. The van der Waals surface area contributed by atoms with Crippen LogP contribution in [0.25, 0.3) is 0 Å². The molecule has 0 saturated heterocycles. The molecule has 0 heterocycles. The lowest BCUT2D eigenvalue weighted by Crippen LogP contribution is -2.62. The summed E-state index contributed by atoms with van der Waals surface area (Å²) in [7, 11) is 0. The minimum Gasteiger partial charge on any atom is -0.481 e. The minimum atomic E-state index is -1.74. The smallest absolute Gasteiger partial charge is 0.326 e. The monoisotopic (exact) mass is 630 g/mol. The molecule has 0 bridgehead atoms. The number of carboxylic acids is 2. The second-order valence-corrected chi connectivity index (χ2v) is 12.1. The van der Waals surface area contributed by atoms with Crippen molar-refractivity contribution in [1.29, 1.82) is 0 Å². The van der Waals surface area contributed by atoms with Crippen LogP contribution in [0.5, 0.6) is 0 Å². The van der Waals surface area contributed by atoms with Crippen LogP contribution in [-0.4, -0.2) is 99.1 Å². The van der Waals surface area contributed by atoms with E-state index >= 15 is 0 Å². The van der Waals surface area contributed by atoms with Crippen molar-refractivity contribution in [2.75, 3.05) is 0 Å². The predicted octanol–water partition coefficient (Wildman–Crippen LogP) is -1.55. The second-order valence-electron chi connectivity index (χ2n) is 12.1. The Hall–Kier alpha value is -3.79. The van der Waals surface area contributed by atoms with E-state index in [2.05, 4.69) is 26.6 Å². The van der Waals surface area contributed by atoms with E-state index in [1.165, 1.54) is 13.8 Å². The van der Waals surface area contributed by atoms with Crippen LogP contribution in [-0.2, 0) is 33.6 Å². The van der Waals surface area contributed by atoms with Gasteiger partial charge in [-0.25, -0.2) is 4.79 Å². The second kappa shape index (κ2) is 18.8. The molecule has 0 spiro atoms. The van der Waals surface area contributed by atoms with E-state index in [9.17, 15) is 48.9 Å². The Bertz CT molecular complexity index is 1030. The summed E-state index contributed by atoms with van der Waals surface area (Å²) in [4.78, 5) is 87.1. The van der Waals surface area contributed by atoms with E-state index in [1.807, 2.05) is 13.8 Å². The first-order valence-electron chi connectivity index (χ1n) is 14.6. The number of amides is 5. The fraction of sp³-hybridized carbons (Fsp3) is 0.750. The zero-order chi connectivity index (χ0) is 34.5. The lowest BCUT2D eigenvalue weighted by molar-refractivity contribution is -0.144. The molecule has 0 radical (unpaired) electrons. The third-order valence-corrected chi connectivity index (χ3v) is 6.46. The van der Waals surface area contributed by atoms with Gasteiger partial charge in [0.05, 0.1) is 18.6 Å². The molecule has 0 aromatic heterocycles. The van der Waals surface area contributed by atoms with Gasteiger partial charge in [-0.15, -0.1) is 0 Å². The summed E-state index contributed by atoms with van der Waals surface area (Å²) in [6.45, 7) is 13.0. The highest BCUT2D eigenvalue weighted by molar-refractivity contribution is 5.97. The SMILES string of the molecule is CC(C)CC(N)C(=O)NC(C)C(=O)NC(C(=O)NC(C(=O)NC(CC(=O)O)C(=O)NC(CC(C)C)C(=O)O)C(C)O)C(C)C. The summed E-state index contributed by atoms with van der Waals surface area (Å²) in [5.41, 5.74) is 5.86. The molecule has 16 heteroatoms. The van der Waals surface area contributed by atoms with Crippen LogP contribution in [0, 0.1) is 17.8 Å². The number of carbonyl (C=O) groups excluding carboxylic acids is 5. The van der Waals surface area contributed by atoms with Crippen molar-refractivity contribution in [2.45, 2.75) is 117 Å². The standard InChI is InChI=1S/C28H50N6O10/c1-12(2)9-17(29)24(39)30-15(7)23(38)33-21(14(5)6)26(41)34-22(16(8)35)27(42)31-18(11-20(36)37)25(40)32-19(28(43)44)10-13(3)4/h12-19,21-22,35H,9-11,29H2,1-8H3,(H,30,39)(H,31,42)(H,32,40)(H,33,38)(H,34,41)(H,36,37)(H,43,44). The first-order valence-corrected chi connectivity index (χ1v) is 14.6. The van der Waals surface area contributed by atoms with Gasteiger partial charge in [-0.3, -0.25) is 28.8 Å². The molecule has 0 aliphatic rings. The average Bonchev–Trinajstić information content (AvgIpc) is 2.87. The molecular weight excluding hydrogens is 580 g/mol. The minimum absolute atomic E-state index is 0.0382. The van der Waals surface area contributed by atoms with Crippen LogP contribution >= 0.6 is 0 Å². The first kappa shape index (κ1) is 40.2. The third-order valence-electron chi connectivity index (χ3n) is 6.46. The number of nitrogens with two attached hydrogens (primary N) is 1. The van der Waals surface area contributed by atoms with Gasteiger partial charge < -0.3 is 47.6 Å². The van der Waals surface area contributed by atoms with E-state index in [4.69, 9.17) is 5.73 Å². The summed E-state index contributed by atoms with van der Waals surface area (Å²) < 4.78 is 0. The van der Waals surface area contributed by atoms with Gasteiger partial charge in [0.1, 0.15) is 30.2 Å². The van der Waals surface area contributed by atoms with Crippen molar-refractivity contribution < 1.29 is 48.9 Å². The van der Waals surface area contributed by atoms with Crippen molar-refractivity contribution in [1.82, 2.24) is 26.6 Å². The van der Waals surface area contributed by atoms with Crippen molar-refractivity contribution in [3.63, 3.8) is 0 Å². The topological polar surface area (TPSA) is 266 Å². The van der Waals surface area contributed by atoms with Crippen LogP contribution in [0.2, 0.25) is 0 Å². The molecular formula is C28H50N6O10. The van der Waals surface area contributed by atoms with Gasteiger partial charge in [0.25, 0.3) is 0 Å². The maximum Gasteiger partial charge on any atom is 0.326 e. The molecule has 0 rings (SSSR count). The highest BCUT2D eigenvalue weighted by Gasteiger charge is 2.35. The fourth-order valence-electron chi connectivity index (χ4n) is 4.07. The summed E-state index contributed by atoms with van der Waals surface area (Å²) in [6, 6.07) is -7.91. The molecule has 16 nitrogen and oxygen atoms in total. The van der Waals surface area contributed by atoms with E-state index in [0.717, 1.165) is 0 Å². The molecule has 44 heavy (non-hydrogen) atoms. The van der Waals surface area contributed by atoms with Crippen molar-refractivity contribution in [3.8, 4) is 0 Å². The Kier molecular flexibility index (Phi) is 17.2. The molecule has 7 atom stereocenters. The third kappa shape index (κ3) is 14.6.